The minimum atomic E-state index is -0.486. The highest BCUT2D eigenvalue weighted by Crippen LogP contribution is 2.35. The number of methoxy groups -OCH3 is 1. The summed E-state index contributed by atoms with van der Waals surface area (Å²) in [6.45, 7) is 5.39. The van der Waals surface area contributed by atoms with E-state index < -0.39 is 5.54 Å². The molecule has 1 saturated carbocycles. The number of ether oxygens (including phenoxy) is 2. The molecule has 0 bridgehead atoms. The van der Waals surface area contributed by atoms with Gasteiger partial charge in [-0.1, -0.05) is 71.3 Å². The van der Waals surface area contributed by atoms with Crippen molar-refractivity contribution in [3.05, 3.63) is 23.8 Å². The van der Waals surface area contributed by atoms with Gasteiger partial charge < -0.3 is 20.3 Å². The van der Waals surface area contributed by atoms with Crippen molar-refractivity contribution in [2.45, 2.75) is 96.4 Å². The Hall–Kier alpha value is -1.26. The van der Waals surface area contributed by atoms with E-state index in [9.17, 15) is 5.11 Å². The number of rotatable bonds is 16. The number of benzene rings is 1. The van der Waals surface area contributed by atoms with Crippen LogP contribution in [0.1, 0.15) is 90.0 Å². The van der Waals surface area contributed by atoms with Crippen LogP contribution in [0.5, 0.6) is 11.5 Å². The van der Waals surface area contributed by atoms with Gasteiger partial charge in [-0.15, -0.1) is 0 Å². The van der Waals surface area contributed by atoms with Gasteiger partial charge in [0, 0.05) is 11.6 Å². The normalized spacial score (nSPS) is 16.3. The number of hydrogen-bond acceptors (Lipinski definition) is 4. The van der Waals surface area contributed by atoms with E-state index in [-0.39, 0.29) is 6.61 Å². The molecule has 0 saturated heterocycles. The Kier molecular flexibility index (Phi) is 11.0. The fraction of sp³-hybridized carbons (Fsp3) is 0.769. The summed E-state index contributed by atoms with van der Waals surface area (Å²) in [6.07, 6.45) is 14.0. The van der Waals surface area contributed by atoms with E-state index in [4.69, 9.17) is 15.2 Å². The maximum absolute atomic E-state index is 9.84. The summed E-state index contributed by atoms with van der Waals surface area (Å²) in [7, 11) is 1.70. The molecular formula is C26H45NO3. The van der Waals surface area contributed by atoms with E-state index in [0.717, 1.165) is 55.3 Å². The average Bonchev–Trinajstić information content (AvgIpc) is 2.71. The molecule has 3 N–H and O–H groups in total. The van der Waals surface area contributed by atoms with Gasteiger partial charge >= 0.3 is 0 Å². The second kappa shape index (κ2) is 13.2. The van der Waals surface area contributed by atoms with Gasteiger partial charge in [-0.3, -0.25) is 0 Å². The number of hydrogen-bond donors (Lipinski definition) is 2. The van der Waals surface area contributed by atoms with E-state index in [1.165, 1.54) is 51.4 Å². The van der Waals surface area contributed by atoms with Crippen molar-refractivity contribution < 1.29 is 14.6 Å². The topological polar surface area (TPSA) is 64.7 Å². The molecule has 0 spiro atoms. The second-order valence-electron chi connectivity index (χ2n) is 9.79. The van der Waals surface area contributed by atoms with Crippen LogP contribution in [0, 0.1) is 11.8 Å². The molecule has 1 atom stereocenters. The largest absolute Gasteiger partial charge is 0.496 e. The van der Waals surface area contributed by atoms with Crippen molar-refractivity contribution in [1.29, 1.82) is 0 Å². The van der Waals surface area contributed by atoms with Gasteiger partial charge in [0.2, 0.25) is 0 Å². The highest BCUT2D eigenvalue weighted by molar-refractivity contribution is 5.41. The summed E-state index contributed by atoms with van der Waals surface area (Å²) >= 11 is 0. The Bertz CT molecular complexity index is 600. The molecule has 2 rings (SSSR count). The van der Waals surface area contributed by atoms with Gasteiger partial charge in [0.25, 0.3) is 0 Å². The smallest absolute Gasteiger partial charge is 0.125 e. The maximum Gasteiger partial charge on any atom is 0.125 e. The van der Waals surface area contributed by atoms with Crippen LogP contribution in [0.15, 0.2) is 18.2 Å². The average molecular weight is 420 g/mol. The first kappa shape index (κ1) is 25.0. The summed E-state index contributed by atoms with van der Waals surface area (Å²) in [5.41, 5.74) is 7.15. The highest BCUT2D eigenvalue weighted by Gasteiger charge is 2.31. The summed E-state index contributed by atoms with van der Waals surface area (Å²) in [4.78, 5) is 0. The molecule has 1 aliphatic rings. The zero-order chi connectivity index (χ0) is 21.8. The number of aliphatic hydroxyl groups is 1. The highest BCUT2D eigenvalue weighted by atomic mass is 16.5. The van der Waals surface area contributed by atoms with Crippen molar-refractivity contribution in [2.75, 3.05) is 20.3 Å². The van der Waals surface area contributed by atoms with E-state index in [1.54, 1.807) is 7.11 Å². The minimum Gasteiger partial charge on any atom is -0.496 e. The van der Waals surface area contributed by atoms with Crippen LogP contribution in [0.25, 0.3) is 0 Å². The molecule has 1 unspecified atom stereocenters. The molecular weight excluding hydrogens is 374 g/mol. The first-order chi connectivity index (χ1) is 14.5. The molecule has 4 nitrogen and oxygen atoms in total. The van der Waals surface area contributed by atoms with Crippen molar-refractivity contribution in [3.63, 3.8) is 0 Å². The van der Waals surface area contributed by atoms with Crippen LogP contribution < -0.4 is 15.2 Å². The first-order valence-corrected chi connectivity index (χ1v) is 12.2. The lowest BCUT2D eigenvalue weighted by molar-refractivity contribution is 0.135. The fourth-order valence-electron chi connectivity index (χ4n) is 4.30. The molecule has 1 fully saturated rings. The quantitative estimate of drug-likeness (QED) is 0.328. The molecule has 0 amide bonds. The van der Waals surface area contributed by atoms with Crippen LogP contribution in [0.3, 0.4) is 0 Å². The molecule has 4 heteroatoms. The second-order valence-corrected chi connectivity index (χ2v) is 9.79. The molecule has 1 aliphatic carbocycles. The van der Waals surface area contributed by atoms with Crippen molar-refractivity contribution in [1.82, 2.24) is 0 Å². The van der Waals surface area contributed by atoms with Gasteiger partial charge in [0.1, 0.15) is 11.5 Å². The third kappa shape index (κ3) is 8.85. The van der Waals surface area contributed by atoms with Gasteiger partial charge in [0.05, 0.1) is 20.3 Å². The Labute approximate surface area is 184 Å². The summed E-state index contributed by atoms with van der Waals surface area (Å²) in [5, 5.41) is 9.84. The predicted molar refractivity (Wildman–Crippen MR) is 125 cm³/mol. The fourth-order valence-corrected chi connectivity index (χ4v) is 4.30. The SMILES string of the molecule is COc1cc(OCCCCCCCC(C)C)ccc1CCC(N)(CO)CC1CCC1. The number of aryl methyl sites for hydroxylation is 1. The Morgan fingerprint density at radius 2 is 1.87 bits per heavy atom. The maximum atomic E-state index is 9.84. The predicted octanol–water partition coefficient (Wildman–Crippen LogP) is 5.88. The lowest BCUT2D eigenvalue weighted by Gasteiger charge is -2.36. The van der Waals surface area contributed by atoms with E-state index in [2.05, 4.69) is 19.9 Å². The van der Waals surface area contributed by atoms with Crippen LogP contribution in [-0.4, -0.2) is 31.0 Å². The number of aliphatic hydroxyl groups excluding tert-OH is 1. The summed E-state index contributed by atoms with van der Waals surface area (Å²) in [6, 6.07) is 6.10. The first-order valence-electron chi connectivity index (χ1n) is 12.2. The Morgan fingerprint density at radius 3 is 2.50 bits per heavy atom. The molecule has 30 heavy (non-hydrogen) atoms. The van der Waals surface area contributed by atoms with E-state index in [1.807, 2.05) is 12.1 Å². The van der Waals surface area contributed by atoms with Crippen molar-refractivity contribution in [2.24, 2.45) is 17.6 Å². The summed E-state index contributed by atoms with van der Waals surface area (Å²) in [5.74, 6) is 3.23. The molecule has 0 heterocycles. The Morgan fingerprint density at radius 1 is 1.13 bits per heavy atom. The van der Waals surface area contributed by atoms with Gasteiger partial charge in [-0.25, -0.2) is 0 Å². The summed E-state index contributed by atoms with van der Waals surface area (Å²) < 4.78 is 11.6. The Balaban J connectivity index is 1.73. The zero-order valence-electron chi connectivity index (χ0n) is 19.6. The molecule has 1 aromatic carbocycles. The minimum absolute atomic E-state index is 0.0461. The van der Waals surface area contributed by atoms with E-state index >= 15 is 0 Å². The zero-order valence-corrected chi connectivity index (χ0v) is 19.6. The molecule has 172 valence electrons. The molecule has 1 aromatic rings. The number of nitrogens with two attached hydrogens (primary N) is 1. The standard InChI is InChI=1S/C26H45NO3/c1-21(2)10-7-5-4-6-8-17-30-24-14-13-23(25(18-24)29-3)15-16-26(27,20-28)19-22-11-9-12-22/h13-14,18,21-22,28H,4-12,15-17,19-20,27H2,1-3H3. The van der Waals surface area contributed by atoms with Crippen LogP contribution >= 0.6 is 0 Å². The third-order valence-corrected chi connectivity index (χ3v) is 6.58. The number of unbranched alkanes of at least 4 members (excludes halogenated alkanes) is 4. The van der Waals surface area contributed by atoms with Crippen LogP contribution in [-0.2, 0) is 6.42 Å². The van der Waals surface area contributed by atoms with Gasteiger partial charge in [0.15, 0.2) is 0 Å². The van der Waals surface area contributed by atoms with Gasteiger partial charge in [-0.2, -0.15) is 0 Å². The van der Waals surface area contributed by atoms with Crippen LogP contribution in [0.4, 0.5) is 0 Å². The lowest BCUT2D eigenvalue weighted by Crippen LogP contribution is -2.46. The third-order valence-electron chi connectivity index (χ3n) is 6.58. The monoisotopic (exact) mass is 419 g/mol. The van der Waals surface area contributed by atoms with Crippen molar-refractivity contribution in [3.8, 4) is 11.5 Å². The van der Waals surface area contributed by atoms with E-state index in [0.29, 0.717) is 5.92 Å². The lowest BCUT2D eigenvalue weighted by atomic mass is 9.75. The molecule has 0 aromatic heterocycles. The van der Waals surface area contributed by atoms with Gasteiger partial charge in [-0.05, 0) is 49.1 Å². The molecule has 0 radical (unpaired) electrons. The van der Waals surface area contributed by atoms with Crippen LogP contribution in [0.2, 0.25) is 0 Å². The van der Waals surface area contributed by atoms with Crippen molar-refractivity contribution >= 4 is 0 Å². The molecule has 0 aliphatic heterocycles.